The van der Waals surface area contributed by atoms with Crippen molar-refractivity contribution in [3.63, 3.8) is 0 Å². The lowest BCUT2D eigenvalue weighted by molar-refractivity contribution is -0.144. The molecule has 0 atom stereocenters. The minimum absolute atomic E-state index is 0.259. The first-order chi connectivity index (χ1) is 15.6. The van der Waals surface area contributed by atoms with Gasteiger partial charge in [-0.05, 0) is 64.1 Å². The zero-order valence-electron chi connectivity index (χ0n) is 19.1. The third kappa shape index (κ3) is 4.98. The van der Waals surface area contributed by atoms with Gasteiger partial charge in [-0.3, -0.25) is 4.79 Å². The number of aryl methyl sites for hydroxylation is 1. The van der Waals surface area contributed by atoms with Crippen LogP contribution in [0.4, 0.5) is 0 Å². The molecule has 0 fully saturated rings. The fraction of sp³-hybridized carbons (Fsp3) is 0.308. The molecule has 0 bridgehead atoms. The number of para-hydroxylation sites is 1. The number of fused-ring (bicyclic) bond motifs is 1. The molecule has 3 aromatic rings. The molecule has 1 aliphatic heterocycles. The van der Waals surface area contributed by atoms with Crippen LogP contribution in [0, 0.1) is 13.8 Å². The summed E-state index contributed by atoms with van der Waals surface area (Å²) in [5.74, 6) is 0.288. The number of nitrogens with zero attached hydrogens (tertiary/aromatic N) is 1. The lowest BCUT2D eigenvalue weighted by atomic mass is 10.0. The number of hydrogen-bond acceptors (Lipinski definition) is 5. The summed E-state index contributed by atoms with van der Waals surface area (Å²) in [6.45, 7) is 7.18. The molecule has 2 heterocycles. The van der Waals surface area contributed by atoms with Crippen molar-refractivity contribution in [2.24, 2.45) is 0 Å². The Morgan fingerprint density at radius 1 is 1.09 bits per heavy atom. The van der Waals surface area contributed by atoms with Gasteiger partial charge in [0.15, 0.2) is 24.7 Å². The molecule has 4 rings (SSSR count). The van der Waals surface area contributed by atoms with Crippen LogP contribution in [0.25, 0.3) is 5.69 Å². The highest BCUT2D eigenvalue weighted by atomic mass is 79.9. The predicted octanol–water partition coefficient (Wildman–Crippen LogP) is 5.38. The van der Waals surface area contributed by atoms with E-state index in [1.807, 2.05) is 74.7 Å². The van der Waals surface area contributed by atoms with E-state index in [1.54, 1.807) is 6.07 Å². The summed E-state index contributed by atoms with van der Waals surface area (Å²) < 4.78 is 19.8. The molecular weight excluding hydrogens is 486 g/mol. The van der Waals surface area contributed by atoms with Gasteiger partial charge in [-0.15, -0.1) is 0 Å². The van der Waals surface area contributed by atoms with E-state index < -0.39 is 5.97 Å². The summed E-state index contributed by atoms with van der Waals surface area (Å²) in [4.78, 5) is 25.0. The van der Waals surface area contributed by atoms with Crippen LogP contribution in [0.3, 0.4) is 0 Å². The van der Waals surface area contributed by atoms with Crippen LogP contribution in [-0.2, 0) is 16.0 Å². The molecule has 0 amide bonds. The number of benzene rings is 2. The molecule has 7 heteroatoms. The molecular formula is C26H26BrNO5. The standard InChI is InChI=1S/C26H26BrNO5/c1-16-12-21(17(2)28(16)20-10-8-19(27)9-11-20)22(29)14-32-24(30)15-31-23-7-5-6-18-13-26(3,4)33-25(18)23/h5-12H,13-15H2,1-4H3. The SMILES string of the molecule is Cc1cc(C(=O)COC(=O)COc2cccc3c2OC(C)(C)C3)c(C)n1-c1ccc(Br)cc1. The van der Waals surface area contributed by atoms with Crippen molar-refractivity contribution in [2.45, 2.75) is 39.7 Å². The number of carbonyl (C=O) groups excluding carboxylic acids is 2. The minimum atomic E-state index is -0.611. The number of Topliss-reactive ketones (excluding diaryl/α,β-unsaturated/α-hetero) is 1. The van der Waals surface area contributed by atoms with Crippen LogP contribution in [0.2, 0.25) is 0 Å². The zero-order chi connectivity index (χ0) is 23.8. The number of ether oxygens (including phenoxy) is 3. The first-order valence-corrected chi connectivity index (χ1v) is 11.5. The molecule has 0 saturated carbocycles. The monoisotopic (exact) mass is 511 g/mol. The maximum Gasteiger partial charge on any atom is 0.344 e. The quantitative estimate of drug-likeness (QED) is 0.315. The number of halogens is 1. The second-order valence-electron chi connectivity index (χ2n) is 8.75. The molecule has 1 aliphatic rings. The highest BCUT2D eigenvalue weighted by molar-refractivity contribution is 9.10. The second kappa shape index (κ2) is 9.06. The van der Waals surface area contributed by atoms with Crippen molar-refractivity contribution in [2.75, 3.05) is 13.2 Å². The molecule has 0 spiro atoms. The van der Waals surface area contributed by atoms with Crippen LogP contribution in [0.5, 0.6) is 11.5 Å². The Hall–Kier alpha value is -3.06. The van der Waals surface area contributed by atoms with Gasteiger partial charge in [0.2, 0.25) is 5.78 Å². The third-order valence-corrected chi connectivity index (χ3v) is 6.11. The van der Waals surface area contributed by atoms with Crippen LogP contribution in [0.1, 0.15) is 41.2 Å². The summed E-state index contributed by atoms with van der Waals surface area (Å²) in [5, 5.41) is 0. The molecule has 0 N–H and O–H groups in total. The molecule has 0 unspecified atom stereocenters. The van der Waals surface area contributed by atoms with Crippen molar-refractivity contribution < 1.29 is 23.8 Å². The zero-order valence-corrected chi connectivity index (χ0v) is 20.7. The Labute approximate surface area is 201 Å². The number of aromatic nitrogens is 1. The normalized spacial score (nSPS) is 13.8. The van der Waals surface area contributed by atoms with Gasteiger partial charge in [0.05, 0.1) is 0 Å². The average Bonchev–Trinajstić information content (AvgIpc) is 3.25. The van der Waals surface area contributed by atoms with E-state index in [2.05, 4.69) is 15.9 Å². The maximum atomic E-state index is 12.8. The first-order valence-electron chi connectivity index (χ1n) is 10.7. The summed E-state index contributed by atoms with van der Waals surface area (Å²) >= 11 is 3.44. The number of rotatable bonds is 7. The van der Waals surface area contributed by atoms with Crippen LogP contribution in [0.15, 0.2) is 53.0 Å². The molecule has 0 aliphatic carbocycles. The number of ketones is 1. The van der Waals surface area contributed by atoms with E-state index in [4.69, 9.17) is 14.2 Å². The van der Waals surface area contributed by atoms with E-state index >= 15 is 0 Å². The average molecular weight is 512 g/mol. The first kappa shape index (κ1) is 23.1. The van der Waals surface area contributed by atoms with Crippen molar-refractivity contribution in [1.82, 2.24) is 4.57 Å². The van der Waals surface area contributed by atoms with E-state index in [1.165, 1.54) is 0 Å². The Kier molecular flexibility index (Phi) is 6.34. The predicted molar refractivity (Wildman–Crippen MR) is 129 cm³/mol. The van der Waals surface area contributed by atoms with Gasteiger partial charge in [-0.25, -0.2) is 4.79 Å². The molecule has 33 heavy (non-hydrogen) atoms. The summed E-state index contributed by atoms with van der Waals surface area (Å²) in [5.41, 5.74) is 3.94. The Balaban J connectivity index is 1.36. The molecule has 172 valence electrons. The van der Waals surface area contributed by atoms with E-state index in [0.29, 0.717) is 17.1 Å². The summed E-state index contributed by atoms with van der Waals surface area (Å²) in [6.07, 6.45) is 0.775. The van der Waals surface area contributed by atoms with Crippen LogP contribution in [-0.4, -0.2) is 35.1 Å². The second-order valence-corrected chi connectivity index (χ2v) is 9.67. The fourth-order valence-electron chi connectivity index (χ4n) is 4.14. The summed E-state index contributed by atoms with van der Waals surface area (Å²) in [7, 11) is 0. The highest BCUT2D eigenvalue weighted by Gasteiger charge is 2.32. The van der Waals surface area contributed by atoms with E-state index in [9.17, 15) is 9.59 Å². The molecule has 6 nitrogen and oxygen atoms in total. The van der Waals surface area contributed by atoms with Crippen molar-refractivity contribution in [3.8, 4) is 17.2 Å². The van der Waals surface area contributed by atoms with Crippen molar-refractivity contribution in [3.05, 3.63) is 75.5 Å². The van der Waals surface area contributed by atoms with E-state index in [0.717, 1.165) is 33.5 Å². The molecule has 0 saturated heterocycles. The van der Waals surface area contributed by atoms with Gasteiger partial charge in [0.1, 0.15) is 5.60 Å². The van der Waals surface area contributed by atoms with Crippen molar-refractivity contribution >= 4 is 27.7 Å². The Morgan fingerprint density at radius 2 is 1.82 bits per heavy atom. The largest absolute Gasteiger partial charge is 0.483 e. The topological polar surface area (TPSA) is 66.8 Å². The van der Waals surface area contributed by atoms with Gasteiger partial charge in [-0.2, -0.15) is 0 Å². The van der Waals surface area contributed by atoms with Crippen LogP contribution < -0.4 is 9.47 Å². The number of esters is 1. The third-order valence-electron chi connectivity index (χ3n) is 5.58. The smallest absolute Gasteiger partial charge is 0.344 e. The summed E-state index contributed by atoms with van der Waals surface area (Å²) in [6, 6.07) is 15.3. The van der Waals surface area contributed by atoms with Gasteiger partial charge in [0, 0.05) is 39.1 Å². The van der Waals surface area contributed by atoms with Gasteiger partial charge in [-0.1, -0.05) is 28.1 Å². The van der Waals surface area contributed by atoms with Gasteiger partial charge < -0.3 is 18.8 Å². The fourth-order valence-corrected chi connectivity index (χ4v) is 4.40. The molecule has 0 radical (unpaired) electrons. The van der Waals surface area contributed by atoms with E-state index in [-0.39, 0.29) is 24.6 Å². The van der Waals surface area contributed by atoms with Gasteiger partial charge in [0.25, 0.3) is 0 Å². The minimum Gasteiger partial charge on any atom is -0.483 e. The lowest BCUT2D eigenvalue weighted by Gasteiger charge is -2.18. The lowest BCUT2D eigenvalue weighted by Crippen LogP contribution is -2.25. The Bertz CT molecular complexity index is 1210. The maximum absolute atomic E-state index is 12.8. The highest BCUT2D eigenvalue weighted by Crippen LogP contribution is 2.41. The van der Waals surface area contributed by atoms with Crippen LogP contribution >= 0.6 is 15.9 Å². The van der Waals surface area contributed by atoms with Gasteiger partial charge >= 0.3 is 5.97 Å². The number of carbonyl (C=O) groups is 2. The Morgan fingerprint density at radius 3 is 2.55 bits per heavy atom. The van der Waals surface area contributed by atoms with Crippen molar-refractivity contribution in [1.29, 1.82) is 0 Å². The number of hydrogen-bond donors (Lipinski definition) is 0. The molecule has 1 aromatic heterocycles. The molecule has 2 aromatic carbocycles.